The third-order valence-electron chi connectivity index (χ3n) is 1.62. The third-order valence-corrected chi connectivity index (χ3v) is 1.62. The van der Waals surface area contributed by atoms with Crippen LogP contribution in [0.1, 0.15) is 13.8 Å². The molecule has 0 aromatic heterocycles. The number of aldehydes is 2. The molecule has 4 nitrogen and oxygen atoms in total. The van der Waals surface area contributed by atoms with Crippen LogP contribution in [0, 0.1) is 11.8 Å². The van der Waals surface area contributed by atoms with E-state index in [1.165, 1.54) is 13.8 Å². The minimum atomic E-state index is -1.11. The van der Waals surface area contributed by atoms with Crippen molar-refractivity contribution in [2.75, 3.05) is 0 Å². The van der Waals surface area contributed by atoms with Crippen LogP contribution in [-0.4, -0.2) is 24.1 Å². The van der Waals surface area contributed by atoms with E-state index in [9.17, 15) is 19.2 Å². The summed E-state index contributed by atoms with van der Waals surface area (Å²) in [5.41, 5.74) is 0. The minimum Gasteiger partial charge on any atom is -0.303 e. The second kappa shape index (κ2) is 4.54. The number of carbonyl (C=O) groups excluding carboxylic acids is 4. The zero-order valence-electron chi connectivity index (χ0n) is 6.94. The first-order valence-corrected chi connectivity index (χ1v) is 3.46. The molecule has 0 aliphatic rings. The van der Waals surface area contributed by atoms with Crippen LogP contribution in [0.15, 0.2) is 0 Å². The van der Waals surface area contributed by atoms with Gasteiger partial charge in [-0.15, -0.1) is 0 Å². The summed E-state index contributed by atoms with van der Waals surface area (Å²) in [6.07, 6.45) is 0.672. The van der Waals surface area contributed by atoms with Gasteiger partial charge in [-0.05, 0) is 13.8 Å². The van der Waals surface area contributed by atoms with E-state index < -0.39 is 23.4 Å². The van der Waals surface area contributed by atoms with Crippen LogP contribution in [-0.2, 0) is 19.2 Å². The number of ketones is 2. The third kappa shape index (κ3) is 2.38. The molecule has 12 heavy (non-hydrogen) atoms. The van der Waals surface area contributed by atoms with Crippen molar-refractivity contribution in [2.24, 2.45) is 11.8 Å². The SMILES string of the molecule is CC(=O)C(C=O)C(C=O)C(C)=O. The maximum atomic E-state index is 10.7. The molecule has 0 rings (SSSR count). The van der Waals surface area contributed by atoms with Crippen LogP contribution >= 0.6 is 0 Å². The maximum absolute atomic E-state index is 10.7. The topological polar surface area (TPSA) is 68.3 Å². The minimum absolute atomic E-state index is 0.336. The standard InChI is InChI=1S/C8H10O4/c1-5(11)7(3-9)8(4-10)6(2)12/h3-4,7-8H,1-2H3. The van der Waals surface area contributed by atoms with Crippen LogP contribution in [0.4, 0.5) is 0 Å². The van der Waals surface area contributed by atoms with Crippen LogP contribution < -0.4 is 0 Å². The number of hydrogen-bond acceptors (Lipinski definition) is 4. The maximum Gasteiger partial charge on any atom is 0.141 e. The number of carbonyl (C=O) groups is 4. The van der Waals surface area contributed by atoms with E-state index in [-0.39, 0.29) is 0 Å². The summed E-state index contributed by atoms with van der Waals surface area (Å²) in [5, 5.41) is 0. The molecule has 2 atom stereocenters. The Hall–Kier alpha value is -1.32. The van der Waals surface area contributed by atoms with E-state index >= 15 is 0 Å². The summed E-state index contributed by atoms with van der Waals surface area (Å²) in [5.74, 6) is -3.14. The van der Waals surface area contributed by atoms with Gasteiger partial charge in [0.15, 0.2) is 0 Å². The normalized spacial score (nSPS) is 14.5. The molecular formula is C8H10O4. The first-order chi connectivity index (χ1) is 5.54. The van der Waals surface area contributed by atoms with E-state index in [0.29, 0.717) is 12.6 Å². The molecular weight excluding hydrogens is 160 g/mol. The molecule has 0 spiro atoms. The summed E-state index contributed by atoms with van der Waals surface area (Å²) in [7, 11) is 0. The molecule has 4 heteroatoms. The average Bonchev–Trinajstić information content (AvgIpc) is 1.98. The fraction of sp³-hybridized carbons (Fsp3) is 0.500. The predicted octanol–water partition coefficient (Wildman–Crippen LogP) is -0.205. The lowest BCUT2D eigenvalue weighted by atomic mass is 9.89. The van der Waals surface area contributed by atoms with Gasteiger partial charge in [0, 0.05) is 0 Å². The Morgan fingerprint density at radius 2 is 1.17 bits per heavy atom. The molecule has 0 heterocycles. The molecule has 0 radical (unpaired) electrons. The van der Waals surface area contributed by atoms with Crippen molar-refractivity contribution in [1.82, 2.24) is 0 Å². The van der Waals surface area contributed by atoms with Gasteiger partial charge in [-0.25, -0.2) is 0 Å². The van der Waals surface area contributed by atoms with Crippen LogP contribution in [0.3, 0.4) is 0 Å². The quantitative estimate of drug-likeness (QED) is 0.423. The first kappa shape index (κ1) is 10.7. The zero-order valence-corrected chi connectivity index (χ0v) is 6.94. The Morgan fingerprint density at radius 1 is 0.917 bits per heavy atom. The van der Waals surface area contributed by atoms with Gasteiger partial charge in [-0.3, -0.25) is 9.59 Å². The molecule has 0 aliphatic carbocycles. The van der Waals surface area contributed by atoms with Gasteiger partial charge >= 0.3 is 0 Å². The molecule has 0 bridgehead atoms. The average molecular weight is 170 g/mol. The van der Waals surface area contributed by atoms with E-state index in [0.717, 1.165) is 0 Å². The second-order valence-corrected chi connectivity index (χ2v) is 2.55. The summed E-state index contributed by atoms with van der Waals surface area (Å²) in [4.78, 5) is 42.1. The smallest absolute Gasteiger partial charge is 0.141 e. The van der Waals surface area contributed by atoms with Gasteiger partial charge in [0.2, 0.25) is 0 Å². The molecule has 0 saturated carbocycles. The van der Waals surface area contributed by atoms with Crippen LogP contribution in [0.5, 0.6) is 0 Å². The van der Waals surface area contributed by atoms with E-state index in [2.05, 4.69) is 0 Å². The fourth-order valence-electron chi connectivity index (χ4n) is 0.867. The van der Waals surface area contributed by atoms with Crippen molar-refractivity contribution in [3.05, 3.63) is 0 Å². The number of rotatable bonds is 5. The van der Waals surface area contributed by atoms with Gasteiger partial charge in [-0.1, -0.05) is 0 Å². The summed E-state index contributed by atoms with van der Waals surface area (Å²) >= 11 is 0. The van der Waals surface area contributed by atoms with Crippen molar-refractivity contribution in [1.29, 1.82) is 0 Å². The molecule has 0 aliphatic heterocycles. The van der Waals surface area contributed by atoms with E-state index in [4.69, 9.17) is 0 Å². The van der Waals surface area contributed by atoms with Crippen molar-refractivity contribution >= 4 is 24.1 Å². The van der Waals surface area contributed by atoms with Gasteiger partial charge in [-0.2, -0.15) is 0 Å². The molecule has 0 aromatic rings. The lowest BCUT2D eigenvalue weighted by Gasteiger charge is -2.10. The van der Waals surface area contributed by atoms with Crippen LogP contribution in [0.25, 0.3) is 0 Å². The fourth-order valence-corrected chi connectivity index (χ4v) is 0.867. The molecule has 0 fully saturated rings. The second-order valence-electron chi connectivity index (χ2n) is 2.55. The summed E-state index contributed by atoms with van der Waals surface area (Å²) in [6.45, 7) is 2.36. The highest BCUT2D eigenvalue weighted by Gasteiger charge is 2.28. The van der Waals surface area contributed by atoms with E-state index in [1.54, 1.807) is 0 Å². The number of Topliss-reactive ketones (excluding diaryl/α,β-unsaturated/α-hetero) is 2. The highest BCUT2D eigenvalue weighted by Crippen LogP contribution is 2.09. The van der Waals surface area contributed by atoms with Crippen LogP contribution in [0.2, 0.25) is 0 Å². The lowest BCUT2D eigenvalue weighted by Crippen LogP contribution is -2.29. The lowest BCUT2D eigenvalue weighted by molar-refractivity contribution is -0.137. The highest BCUT2D eigenvalue weighted by atomic mass is 16.2. The predicted molar refractivity (Wildman–Crippen MR) is 40.5 cm³/mol. The zero-order chi connectivity index (χ0) is 9.72. The molecule has 2 unspecified atom stereocenters. The largest absolute Gasteiger partial charge is 0.303 e. The summed E-state index contributed by atoms with van der Waals surface area (Å²) in [6, 6.07) is 0. The molecule has 0 aromatic carbocycles. The molecule has 0 amide bonds. The monoisotopic (exact) mass is 170 g/mol. The molecule has 0 saturated heterocycles. The van der Waals surface area contributed by atoms with Crippen molar-refractivity contribution < 1.29 is 19.2 Å². The van der Waals surface area contributed by atoms with Gasteiger partial charge in [0.25, 0.3) is 0 Å². The Bertz CT molecular complexity index is 195. The Morgan fingerprint density at radius 3 is 1.25 bits per heavy atom. The summed E-state index contributed by atoms with van der Waals surface area (Å²) < 4.78 is 0. The van der Waals surface area contributed by atoms with Gasteiger partial charge < -0.3 is 9.59 Å². The van der Waals surface area contributed by atoms with Gasteiger partial charge in [0.05, 0.1) is 11.8 Å². The Kier molecular flexibility index (Phi) is 4.04. The number of hydrogen-bond donors (Lipinski definition) is 0. The Labute approximate surface area is 69.9 Å². The van der Waals surface area contributed by atoms with Gasteiger partial charge in [0.1, 0.15) is 24.1 Å². The molecule has 0 N–H and O–H groups in total. The van der Waals surface area contributed by atoms with Crippen molar-refractivity contribution in [3.63, 3.8) is 0 Å². The van der Waals surface area contributed by atoms with E-state index in [1.807, 2.05) is 0 Å². The molecule has 66 valence electrons. The Balaban J connectivity index is 4.66. The van der Waals surface area contributed by atoms with Crippen molar-refractivity contribution in [3.8, 4) is 0 Å². The first-order valence-electron chi connectivity index (χ1n) is 3.46. The van der Waals surface area contributed by atoms with Crippen molar-refractivity contribution in [2.45, 2.75) is 13.8 Å². The highest BCUT2D eigenvalue weighted by molar-refractivity contribution is 6.03.